The van der Waals surface area contributed by atoms with Gasteiger partial charge in [0.1, 0.15) is 0 Å². The predicted octanol–water partition coefficient (Wildman–Crippen LogP) is 4.80. The zero-order valence-corrected chi connectivity index (χ0v) is 12.4. The van der Waals surface area contributed by atoms with E-state index in [9.17, 15) is 0 Å². The van der Waals surface area contributed by atoms with Crippen LogP contribution in [0, 0.1) is 0 Å². The maximum absolute atomic E-state index is 6.63. The molecule has 0 saturated heterocycles. The molecule has 1 unspecified atom stereocenters. The minimum atomic E-state index is 0.271. The Kier molecular flexibility index (Phi) is 5.45. The third-order valence-corrected chi connectivity index (χ3v) is 4.92. The van der Waals surface area contributed by atoms with Gasteiger partial charge in [0.15, 0.2) is 0 Å². The van der Waals surface area contributed by atoms with Crippen molar-refractivity contribution in [3.05, 3.63) is 35.9 Å². The first kappa shape index (κ1) is 14.6. The van der Waals surface area contributed by atoms with Crippen LogP contribution in [0.4, 0.5) is 0 Å². The van der Waals surface area contributed by atoms with Crippen LogP contribution in [0.25, 0.3) is 0 Å². The lowest BCUT2D eigenvalue weighted by Crippen LogP contribution is -2.43. The number of hydrogen-bond acceptors (Lipinski definition) is 1. The van der Waals surface area contributed by atoms with Gasteiger partial charge in [0.2, 0.25) is 0 Å². The summed E-state index contributed by atoms with van der Waals surface area (Å²) in [5.41, 5.74) is 8.38. The molecule has 0 radical (unpaired) electrons. The Morgan fingerprint density at radius 3 is 2.37 bits per heavy atom. The predicted molar refractivity (Wildman–Crippen MR) is 83.3 cm³/mol. The van der Waals surface area contributed by atoms with Gasteiger partial charge in [-0.3, -0.25) is 0 Å². The van der Waals surface area contributed by atoms with Gasteiger partial charge in [0, 0.05) is 11.5 Å². The molecule has 1 aromatic carbocycles. The van der Waals surface area contributed by atoms with E-state index in [0.717, 1.165) is 0 Å². The van der Waals surface area contributed by atoms with E-state index in [0.29, 0.717) is 6.04 Å². The van der Waals surface area contributed by atoms with Crippen LogP contribution in [0.2, 0.25) is 0 Å². The molecule has 1 saturated carbocycles. The Balaban J connectivity index is 2.03. The second-order valence-corrected chi connectivity index (χ2v) is 6.19. The van der Waals surface area contributed by atoms with Gasteiger partial charge < -0.3 is 5.73 Å². The molecule has 0 aliphatic heterocycles. The Morgan fingerprint density at radius 2 is 1.74 bits per heavy atom. The van der Waals surface area contributed by atoms with E-state index in [1.54, 1.807) is 0 Å². The van der Waals surface area contributed by atoms with E-state index < -0.39 is 0 Å². The minimum absolute atomic E-state index is 0.271. The summed E-state index contributed by atoms with van der Waals surface area (Å²) in [5.74, 6) is 0. The van der Waals surface area contributed by atoms with E-state index in [1.165, 1.54) is 63.4 Å². The maximum Gasteiger partial charge on any atom is 0.0136 e. The third-order valence-electron chi connectivity index (χ3n) is 4.92. The Morgan fingerprint density at radius 1 is 1.05 bits per heavy atom. The van der Waals surface area contributed by atoms with Gasteiger partial charge in [-0.1, -0.05) is 75.8 Å². The lowest BCUT2D eigenvalue weighted by Gasteiger charge is -2.36. The minimum Gasteiger partial charge on any atom is -0.327 e. The average Bonchev–Trinajstić information content (AvgIpc) is 2.95. The molecule has 19 heavy (non-hydrogen) atoms. The number of nitrogens with two attached hydrogens (primary N) is 1. The lowest BCUT2D eigenvalue weighted by molar-refractivity contribution is 0.325. The van der Waals surface area contributed by atoms with Gasteiger partial charge in [-0.15, -0.1) is 0 Å². The van der Waals surface area contributed by atoms with Crippen molar-refractivity contribution >= 4 is 0 Å². The summed E-state index contributed by atoms with van der Waals surface area (Å²) in [5, 5.41) is 0. The molecule has 2 rings (SSSR count). The molecule has 1 heteroatoms. The van der Waals surface area contributed by atoms with Crippen molar-refractivity contribution in [3.8, 4) is 0 Å². The molecule has 0 heterocycles. The van der Waals surface area contributed by atoms with Crippen molar-refractivity contribution in [3.63, 3.8) is 0 Å². The highest BCUT2D eigenvalue weighted by Crippen LogP contribution is 2.44. The molecule has 1 aliphatic carbocycles. The van der Waals surface area contributed by atoms with E-state index >= 15 is 0 Å². The highest BCUT2D eigenvalue weighted by atomic mass is 14.7. The molecule has 0 amide bonds. The standard InChI is InChI=1S/C18H29N/c1-2-3-4-8-13-17(19)18(14-9-10-15-18)16-11-6-5-7-12-16/h5-7,11-12,17H,2-4,8-10,13-15,19H2,1H3. The summed E-state index contributed by atoms with van der Waals surface area (Å²) in [7, 11) is 0. The largest absolute Gasteiger partial charge is 0.327 e. The quantitative estimate of drug-likeness (QED) is 0.700. The van der Waals surface area contributed by atoms with E-state index in [2.05, 4.69) is 37.3 Å². The van der Waals surface area contributed by atoms with Crippen LogP contribution in [-0.2, 0) is 5.41 Å². The van der Waals surface area contributed by atoms with Crippen molar-refractivity contribution < 1.29 is 0 Å². The van der Waals surface area contributed by atoms with Gasteiger partial charge in [0.05, 0.1) is 0 Å². The number of unbranched alkanes of at least 4 members (excludes halogenated alkanes) is 3. The smallest absolute Gasteiger partial charge is 0.0136 e. The molecule has 2 N–H and O–H groups in total. The van der Waals surface area contributed by atoms with E-state index in [1.807, 2.05) is 0 Å². The fourth-order valence-corrected chi connectivity index (χ4v) is 3.72. The summed E-state index contributed by atoms with van der Waals surface area (Å²) >= 11 is 0. The lowest BCUT2D eigenvalue weighted by atomic mass is 9.71. The molecule has 1 atom stereocenters. The molecule has 1 nitrogen and oxygen atoms in total. The van der Waals surface area contributed by atoms with Gasteiger partial charge in [-0.05, 0) is 24.8 Å². The zero-order valence-electron chi connectivity index (χ0n) is 12.4. The van der Waals surface area contributed by atoms with Crippen molar-refractivity contribution in [2.75, 3.05) is 0 Å². The van der Waals surface area contributed by atoms with Crippen LogP contribution >= 0.6 is 0 Å². The Labute approximate surface area is 118 Å². The van der Waals surface area contributed by atoms with Gasteiger partial charge in [-0.2, -0.15) is 0 Å². The van der Waals surface area contributed by atoms with Crippen molar-refractivity contribution in [1.82, 2.24) is 0 Å². The van der Waals surface area contributed by atoms with Crippen LogP contribution in [0.5, 0.6) is 0 Å². The molecule has 0 bridgehead atoms. The van der Waals surface area contributed by atoms with Crippen molar-refractivity contribution in [1.29, 1.82) is 0 Å². The average molecular weight is 259 g/mol. The summed E-state index contributed by atoms with van der Waals surface area (Å²) < 4.78 is 0. The second kappa shape index (κ2) is 7.09. The Bertz CT molecular complexity index is 351. The molecule has 1 aliphatic rings. The summed E-state index contributed by atoms with van der Waals surface area (Å²) in [4.78, 5) is 0. The fourth-order valence-electron chi connectivity index (χ4n) is 3.72. The summed E-state index contributed by atoms with van der Waals surface area (Å²) in [6.07, 6.45) is 11.7. The summed E-state index contributed by atoms with van der Waals surface area (Å²) in [6.45, 7) is 2.27. The van der Waals surface area contributed by atoms with Crippen LogP contribution in [0.1, 0.15) is 70.3 Å². The highest BCUT2D eigenvalue weighted by Gasteiger charge is 2.40. The van der Waals surface area contributed by atoms with Gasteiger partial charge >= 0.3 is 0 Å². The first-order valence-electron chi connectivity index (χ1n) is 8.11. The van der Waals surface area contributed by atoms with E-state index in [4.69, 9.17) is 5.73 Å². The molecule has 106 valence electrons. The molecule has 1 fully saturated rings. The molecule has 0 aromatic heterocycles. The normalized spacial score (nSPS) is 19.5. The van der Waals surface area contributed by atoms with Gasteiger partial charge in [-0.25, -0.2) is 0 Å². The number of benzene rings is 1. The highest BCUT2D eigenvalue weighted by molar-refractivity contribution is 5.29. The third kappa shape index (κ3) is 3.39. The molecule has 1 aromatic rings. The topological polar surface area (TPSA) is 26.0 Å². The van der Waals surface area contributed by atoms with Crippen molar-refractivity contribution in [2.24, 2.45) is 5.73 Å². The number of rotatable bonds is 7. The van der Waals surface area contributed by atoms with Crippen molar-refractivity contribution in [2.45, 2.75) is 76.2 Å². The zero-order chi connectivity index (χ0) is 13.6. The number of hydrogen-bond donors (Lipinski definition) is 1. The maximum atomic E-state index is 6.63. The molecule has 0 spiro atoms. The van der Waals surface area contributed by atoms with E-state index in [-0.39, 0.29) is 5.41 Å². The van der Waals surface area contributed by atoms with Crippen LogP contribution < -0.4 is 5.73 Å². The molecular weight excluding hydrogens is 230 g/mol. The monoisotopic (exact) mass is 259 g/mol. The van der Waals surface area contributed by atoms with Crippen LogP contribution in [0.15, 0.2) is 30.3 Å². The first-order chi connectivity index (χ1) is 9.29. The van der Waals surface area contributed by atoms with Crippen LogP contribution in [0.3, 0.4) is 0 Å². The first-order valence-corrected chi connectivity index (χ1v) is 8.11. The summed E-state index contributed by atoms with van der Waals surface area (Å²) in [6, 6.07) is 11.4. The van der Waals surface area contributed by atoms with Gasteiger partial charge in [0.25, 0.3) is 0 Å². The second-order valence-electron chi connectivity index (χ2n) is 6.19. The Hall–Kier alpha value is -0.820. The fraction of sp³-hybridized carbons (Fsp3) is 0.667. The SMILES string of the molecule is CCCCCCC(N)C1(c2ccccc2)CCCC1. The van der Waals surface area contributed by atoms with Crippen LogP contribution in [-0.4, -0.2) is 6.04 Å². The molecular formula is C18H29N.